The third-order valence-electron chi connectivity index (χ3n) is 4.38. The Morgan fingerprint density at radius 3 is 2.83 bits per heavy atom. The summed E-state index contributed by atoms with van der Waals surface area (Å²) >= 11 is 6.75. The van der Waals surface area contributed by atoms with Crippen LogP contribution < -0.4 is 4.74 Å². The zero-order valence-electron chi connectivity index (χ0n) is 13.7. The highest BCUT2D eigenvalue weighted by atomic mass is 32.2. The van der Waals surface area contributed by atoms with Crippen molar-refractivity contribution in [2.45, 2.75) is 45.1 Å². The quantitative estimate of drug-likeness (QED) is 0.637. The molecule has 0 bridgehead atoms. The van der Waals surface area contributed by atoms with Gasteiger partial charge in [0, 0.05) is 11.6 Å². The average Bonchev–Trinajstić information content (AvgIpc) is 2.86. The number of carbonyl (C=O) groups excluding carboxylic acids is 1. The molecule has 1 aromatic rings. The first-order chi connectivity index (χ1) is 11.6. The topological polar surface area (TPSA) is 49.8 Å². The van der Waals surface area contributed by atoms with Gasteiger partial charge in [0.2, 0.25) is 0 Å². The van der Waals surface area contributed by atoms with Crippen molar-refractivity contribution in [2.24, 2.45) is 0 Å². The molecule has 1 saturated heterocycles. The molecule has 6 heteroatoms. The lowest BCUT2D eigenvalue weighted by atomic mass is 9.94. The number of ether oxygens (including phenoxy) is 1. The maximum absolute atomic E-state index is 12.8. The number of thioether (sulfide) groups is 1. The third-order valence-corrected chi connectivity index (χ3v) is 5.71. The van der Waals surface area contributed by atoms with Crippen molar-refractivity contribution in [3.05, 3.63) is 28.7 Å². The summed E-state index contributed by atoms with van der Waals surface area (Å²) in [6.45, 7) is 2.34. The van der Waals surface area contributed by atoms with Crippen LogP contribution in [0.5, 0.6) is 11.5 Å². The van der Waals surface area contributed by atoms with E-state index in [1.165, 1.54) is 18.2 Å². The number of amides is 1. The number of nitrogens with zero attached hydrogens (tertiary/aromatic N) is 1. The molecular weight excluding hydrogens is 342 g/mol. The van der Waals surface area contributed by atoms with Gasteiger partial charge in [0.05, 0.1) is 11.5 Å². The monoisotopic (exact) mass is 363 g/mol. The predicted octanol–water partition coefficient (Wildman–Crippen LogP) is 4.32. The van der Waals surface area contributed by atoms with Crippen molar-refractivity contribution in [3.8, 4) is 11.5 Å². The first-order valence-electron chi connectivity index (χ1n) is 8.33. The fourth-order valence-corrected chi connectivity index (χ4v) is 4.59. The van der Waals surface area contributed by atoms with Crippen LogP contribution in [-0.2, 0) is 4.79 Å². The van der Waals surface area contributed by atoms with Gasteiger partial charge in [0.1, 0.15) is 4.32 Å². The molecule has 0 aromatic heterocycles. The molecule has 1 saturated carbocycles. The lowest BCUT2D eigenvalue weighted by molar-refractivity contribution is -0.124. The van der Waals surface area contributed by atoms with E-state index in [0.29, 0.717) is 27.1 Å². The van der Waals surface area contributed by atoms with E-state index in [2.05, 4.69) is 0 Å². The van der Waals surface area contributed by atoms with Gasteiger partial charge in [-0.3, -0.25) is 9.69 Å². The number of thiocarbonyl (C=S) groups is 1. The SMILES string of the molecule is CCOc1cccc(/C=C2\SC(=S)N(C3CCCCC3)C2=O)c1O. The summed E-state index contributed by atoms with van der Waals surface area (Å²) in [6.07, 6.45) is 7.28. The van der Waals surface area contributed by atoms with Gasteiger partial charge < -0.3 is 9.84 Å². The molecule has 3 rings (SSSR count). The van der Waals surface area contributed by atoms with E-state index >= 15 is 0 Å². The zero-order chi connectivity index (χ0) is 17.1. The zero-order valence-corrected chi connectivity index (χ0v) is 15.3. The standard InChI is InChI=1S/C18H21NO3S2/c1-2-22-14-10-6-7-12(16(14)20)11-15-17(21)19(18(23)24-15)13-8-4-3-5-9-13/h6-7,10-11,13,20H,2-5,8-9H2,1H3/b15-11-. The normalized spacial score (nSPS) is 20.9. The lowest BCUT2D eigenvalue weighted by Gasteiger charge is -2.29. The molecule has 1 aliphatic carbocycles. The van der Waals surface area contributed by atoms with Crippen LogP contribution >= 0.6 is 24.0 Å². The molecule has 1 heterocycles. The molecule has 4 nitrogen and oxygen atoms in total. The molecule has 2 fully saturated rings. The number of para-hydroxylation sites is 1. The number of rotatable bonds is 4. The van der Waals surface area contributed by atoms with Crippen LogP contribution in [-0.4, -0.2) is 32.9 Å². The van der Waals surface area contributed by atoms with E-state index in [9.17, 15) is 9.90 Å². The van der Waals surface area contributed by atoms with Crippen molar-refractivity contribution in [3.63, 3.8) is 0 Å². The number of aromatic hydroxyl groups is 1. The van der Waals surface area contributed by atoms with Crippen molar-refractivity contribution in [1.82, 2.24) is 4.90 Å². The number of carbonyl (C=O) groups is 1. The summed E-state index contributed by atoms with van der Waals surface area (Å²) in [5.74, 6) is 0.439. The van der Waals surface area contributed by atoms with Crippen molar-refractivity contribution < 1.29 is 14.6 Å². The Balaban J connectivity index is 1.85. The smallest absolute Gasteiger partial charge is 0.266 e. The van der Waals surface area contributed by atoms with Gasteiger partial charge in [-0.2, -0.15) is 0 Å². The van der Waals surface area contributed by atoms with Crippen molar-refractivity contribution >= 4 is 40.3 Å². The maximum atomic E-state index is 12.8. The van der Waals surface area contributed by atoms with Gasteiger partial charge in [0.25, 0.3) is 5.91 Å². The highest BCUT2D eigenvalue weighted by Crippen LogP contribution is 2.39. The van der Waals surface area contributed by atoms with E-state index in [1.54, 1.807) is 29.2 Å². The number of phenolic OH excluding ortho intramolecular Hbond substituents is 1. The molecule has 0 radical (unpaired) electrons. The predicted molar refractivity (Wildman–Crippen MR) is 101 cm³/mol. The summed E-state index contributed by atoms with van der Waals surface area (Å²) < 4.78 is 6.02. The third kappa shape index (κ3) is 3.44. The summed E-state index contributed by atoms with van der Waals surface area (Å²) in [5.41, 5.74) is 0.574. The molecule has 128 valence electrons. The largest absolute Gasteiger partial charge is 0.504 e. The Morgan fingerprint density at radius 2 is 2.12 bits per heavy atom. The molecule has 1 aromatic carbocycles. The molecule has 0 spiro atoms. The minimum atomic E-state index is -0.0434. The Labute approximate surface area is 151 Å². The van der Waals surface area contributed by atoms with Crippen LogP contribution in [0.15, 0.2) is 23.1 Å². The fourth-order valence-electron chi connectivity index (χ4n) is 3.20. The highest BCUT2D eigenvalue weighted by molar-refractivity contribution is 8.26. The first-order valence-corrected chi connectivity index (χ1v) is 9.56. The molecular formula is C18H21NO3S2. The molecule has 2 aliphatic rings. The summed E-state index contributed by atoms with van der Waals surface area (Å²) in [6, 6.07) is 5.51. The number of hydrogen-bond donors (Lipinski definition) is 1. The Hall–Kier alpha value is -1.53. The van der Waals surface area contributed by atoms with Gasteiger partial charge in [-0.05, 0) is 31.9 Å². The molecule has 1 aliphatic heterocycles. The molecule has 0 unspecified atom stereocenters. The summed E-state index contributed by atoms with van der Waals surface area (Å²) in [5, 5.41) is 10.3. The van der Waals surface area contributed by atoms with E-state index in [4.69, 9.17) is 17.0 Å². The van der Waals surface area contributed by atoms with Crippen LogP contribution in [0, 0.1) is 0 Å². The lowest BCUT2D eigenvalue weighted by Crippen LogP contribution is -2.39. The van der Waals surface area contributed by atoms with Crippen LogP contribution in [0.4, 0.5) is 0 Å². The number of phenols is 1. The minimum Gasteiger partial charge on any atom is -0.504 e. The van der Waals surface area contributed by atoms with E-state index in [1.807, 2.05) is 6.92 Å². The minimum absolute atomic E-state index is 0.0434. The van der Waals surface area contributed by atoms with E-state index in [-0.39, 0.29) is 17.7 Å². The van der Waals surface area contributed by atoms with Crippen LogP contribution in [0.3, 0.4) is 0 Å². The second kappa shape index (κ2) is 7.57. The fraction of sp³-hybridized carbons (Fsp3) is 0.444. The molecule has 24 heavy (non-hydrogen) atoms. The van der Waals surface area contributed by atoms with E-state index < -0.39 is 0 Å². The van der Waals surface area contributed by atoms with Crippen molar-refractivity contribution in [1.29, 1.82) is 0 Å². The van der Waals surface area contributed by atoms with Crippen LogP contribution in [0.2, 0.25) is 0 Å². The highest BCUT2D eigenvalue weighted by Gasteiger charge is 2.37. The Bertz CT molecular complexity index is 681. The Kier molecular flexibility index (Phi) is 5.46. The second-order valence-corrected chi connectivity index (χ2v) is 7.65. The number of benzene rings is 1. The molecule has 1 N–H and O–H groups in total. The summed E-state index contributed by atoms with van der Waals surface area (Å²) in [7, 11) is 0. The first kappa shape index (κ1) is 17.3. The Morgan fingerprint density at radius 1 is 1.38 bits per heavy atom. The van der Waals surface area contributed by atoms with Crippen LogP contribution in [0.1, 0.15) is 44.6 Å². The van der Waals surface area contributed by atoms with Crippen LogP contribution in [0.25, 0.3) is 6.08 Å². The maximum Gasteiger partial charge on any atom is 0.266 e. The second-order valence-electron chi connectivity index (χ2n) is 5.97. The summed E-state index contributed by atoms with van der Waals surface area (Å²) in [4.78, 5) is 15.1. The van der Waals surface area contributed by atoms with Crippen molar-refractivity contribution in [2.75, 3.05) is 6.61 Å². The molecule has 0 atom stereocenters. The van der Waals surface area contributed by atoms with Gasteiger partial charge in [0.15, 0.2) is 11.5 Å². The average molecular weight is 364 g/mol. The van der Waals surface area contributed by atoms with Gasteiger partial charge in [-0.25, -0.2) is 0 Å². The van der Waals surface area contributed by atoms with Gasteiger partial charge >= 0.3 is 0 Å². The van der Waals surface area contributed by atoms with Gasteiger partial charge in [-0.1, -0.05) is 55.4 Å². The van der Waals surface area contributed by atoms with Gasteiger partial charge in [-0.15, -0.1) is 0 Å². The number of hydrogen-bond acceptors (Lipinski definition) is 5. The van der Waals surface area contributed by atoms with E-state index in [0.717, 1.165) is 25.7 Å². The molecule has 1 amide bonds.